The zero-order chi connectivity index (χ0) is 22.9. The molecule has 4 aliphatic carbocycles. The highest BCUT2D eigenvalue weighted by molar-refractivity contribution is 6.30. The molecule has 8 rings (SSSR count). The zero-order valence-electron chi connectivity index (χ0n) is 19.3. The van der Waals surface area contributed by atoms with Crippen molar-refractivity contribution >= 4 is 17.6 Å². The number of amides is 2. The van der Waals surface area contributed by atoms with Gasteiger partial charge in [0.15, 0.2) is 0 Å². The molecule has 3 aromatic rings. The lowest BCUT2D eigenvalue weighted by Crippen LogP contribution is -2.62. The van der Waals surface area contributed by atoms with E-state index in [9.17, 15) is 4.79 Å². The Labute approximate surface area is 205 Å². The van der Waals surface area contributed by atoms with Crippen molar-refractivity contribution in [1.82, 2.24) is 14.8 Å². The van der Waals surface area contributed by atoms with Crippen molar-refractivity contribution in [3.63, 3.8) is 0 Å². The second-order valence-electron chi connectivity index (χ2n) is 11.1. The van der Waals surface area contributed by atoms with Gasteiger partial charge in [-0.05, 0) is 97.7 Å². The van der Waals surface area contributed by atoms with Gasteiger partial charge in [0, 0.05) is 22.5 Å². The van der Waals surface area contributed by atoms with E-state index in [0.717, 1.165) is 59.5 Å². The van der Waals surface area contributed by atoms with Crippen molar-refractivity contribution in [2.24, 2.45) is 17.8 Å². The molecule has 0 unspecified atom stereocenters. The summed E-state index contributed by atoms with van der Waals surface area (Å²) in [6, 6.07) is 20.5. The lowest BCUT2D eigenvalue weighted by molar-refractivity contribution is -0.0163. The third kappa shape index (κ3) is 3.30. The molecule has 1 aliphatic heterocycles. The summed E-state index contributed by atoms with van der Waals surface area (Å²) in [5.41, 5.74) is 4.40. The Bertz CT molecular complexity index is 1230. The van der Waals surface area contributed by atoms with Gasteiger partial charge >= 0.3 is 6.03 Å². The number of hydrogen-bond acceptors (Lipinski definition) is 1. The van der Waals surface area contributed by atoms with E-state index in [4.69, 9.17) is 11.6 Å². The van der Waals surface area contributed by atoms with Crippen LogP contribution >= 0.6 is 11.6 Å². The lowest BCUT2D eigenvalue weighted by Gasteiger charge is -2.57. The first-order valence-corrected chi connectivity index (χ1v) is 13.0. The van der Waals surface area contributed by atoms with Crippen LogP contribution in [0.25, 0.3) is 5.69 Å². The van der Waals surface area contributed by atoms with Gasteiger partial charge in [-0.2, -0.15) is 0 Å². The Kier molecular flexibility index (Phi) is 4.64. The number of urea groups is 1. The number of aromatic nitrogens is 1. The second-order valence-corrected chi connectivity index (χ2v) is 11.6. The van der Waals surface area contributed by atoms with E-state index in [2.05, 4.69) is 58.5 Å². The molecule has 34 heavy (non-hydrogen) atoms. The van der Waals surface area contributed by atoms with Crippen LogP contribution in [0.3, 0.4) is 0 Å². The van der Waals surface area contributed by atoms with Gasteiger partial charge in [0.2, 0.25) is 0 Å². The van der Waals surface area contributed by atoms with Gasteiger partial charge < -0.3 is 14.8 Å². The zero-order valence-corrected chi connectivity index (χ0v) is 20.0. The van der Waals surface area contributed by atoms with Gasteiger partial charge in [-0.25, -0.2) is 4.79 Å². The minimum atomic E-state index is -0.213. The SMILES string of the molecule is O=C(NC12CC3CC(CC(C3)C1)C2)N1Cc2ccccc2-n2cccc2[C@@H]1c1cccc(Cl)c1. The molecular formula is C29H30ClN3O. The Morgan fingerprint density at radius 2 is 1.65 bits per heavy atom. The average molecular weight is 472 g/mol. The smallest absolute Gasteiger partial charge is 0.318 e. The third-order valence-corrected chi connectivity index (χ3v) is 9.03. The van der Waals surface area contributed by atoms with E-state index in [-0.39, 0.29) is 17.6 Å². The van der Waals surface area contributed by atoms with Crippen molar-refractivity contribution in [3.05, 3.63) is 88.7 Å². The summed E-state index contributed by atoms with van der Waals surface area (Å²) in [5, 5.41) is 4.33. The Balaban J connectivity index is 1.31. The highest BCUT2D eigenvalue weighted by Gasteiger charge is 2.52. The van der Waals surface area contributed by atoms with E-state index >= 15 is 0 Å². The number of rotatable bonds is 2. The monoisotopic (exact) mass is 471 g/mol. The molecule has 174 valence electrons. The average Bonchev–Trinajstić information content (AvgIpc) is 3.22. The van der Waals surface area contributed by atoms with E-state index in [1.807, 2.05) is 23.1 Å². The second kappa shape index (κ2) is 7.64. The molecule has 2 amide bonds. The van der Waals surface area contributed by atoms with E-state index < -0.39 is 0 Å². The fourth-order valence-electron chi connectivity index (χ4n) is 7.93. The van der Waals surface area contributed by atoms with Crippen LogP contribution in [0.5, 0.6) is 0 Å². The van der Waals surface area contributed by atoms with E-state index in [1.54, 1.807) is 0 Å². The van der Waals surface area contributed by atoms with Crippen molar-refractivity contribution < 1.29 is 4.79 Å². The van der Waals surface area contributed by atoms with E-state index in [0.29, 0.717) is 11.6 Å². The van der Waals surface area contributed by atoms with Gasteiger partial charge in [-0.3, -0.25) is 0 Å². The number of carbonyl (C=O) groups excluding carboxylic acids is 1. The van der Waals surface area contributed by atoms with Crippen LogP contribution in [-0.2, 0) is 6.54 Å². The molecule has 1 N–H and O–H groups in total. The van der Waals surface area contributed by atoms with Crippen molar-refractivity contribution in [1.29, 1.82) is 0 Å². The fraction of sp³-hybridized carbons (Fsp3) is 0.414. The maximum absolute atomic E-state index is 14.2. The molecule has 5 aliphatic rings. The number of nitrogens with one attached hydrogen (secondary N) is 1. The summed E-state index contributed by atoms with van der Waals surface area (Å²) in [6.45, 7) is 0.563. The largest absolute Gasteiger partial charge is 0.332 e. The first-order chi connectivity index (χ1) is 16.6. The maximum Gasteiger partial charge on any atom is 0.318 e. The molecule has 1 atom stereocenters. The normalized spacial score (nSPS) is 31.0. The topological polar surface area (TPSA) is 37.3 Å². The Morgan fingerprint density at radius 3 is 2.38 bits per heavy atom. The molecule has 4 fully saturated rings. The maximum atomic E-state index is 14.2. The molecule has 0 saturated heterocycles. The number of halogens is 1. The molecule has 0 spiro atoms. The van der Waals surface area contributed by atoms with Crippen LogP contribution in [0.2, 0.25) is 5.02 Å². The number of nitrogens with zero attached hydrogens (tertiary/aromatic N) is 2. The predicted octanol–water partition coefficient (Wildman–Crippen LogP) is 6.71. The molecular weight excluding hydrogens is 442 g/mol. The quantitative estimate of drug-likeness (QED) is 0.442. The Hall–Kier alpha value is -2.72. The van der Waals surface area contributed by atoms with E-state index in [1.165, 1.54) is 19.3 Å². The minimum absolute atomic E-state index is 0.0292. The first-order valence-electron chi connectivity index (χ1n) is 12.7. The van der Waals surface area contributed by atoms with Crippen molar-refractivity contribution in [2.75, 3.05) is 0 Å². The molecule has 4 saturated carbocycles. The fourth-order valence-corrected chi connectivity index (χ4v) is 8.13. The standard InChI is InChI=1S/C29H30ClN3O/c30-24-7-3-6-22(14-24)27-26-9-4-10-32(26)25-8-2-1-5-23(25)18-33(27)28(34)31-29-15-19-11-20(16-29)13-21(12-19)17-29/h1-10,14,19-21,27H,11-13,15-18H2,(H,31,34)/t19?,20?,21?,27-,29?/m0/s1. The van der Waals surface area contributed by atoms with Crippen LogP contribution in [-0.4, -0.2) is 21.0 Å². The van der Waals surface area contributed by atoms with Crippen LogP contribution in [0.1, 0.15) is 61.4 Å². The molecule has 4 bridgehead atoms. The third-order valence-electron chi connectivity index (χ3n) is 8.80. The van der Waals surface area contributed by atoms with Crippen molar-refractivity contribution in [2.45, 2.75) is 56.7 Å². The van der Waals surface area contributed by atoms with Crippen LogP contribution in [0.4, 0.5) is 4.79 Å². The highest BCUT2D eigenvalue weighted by atomic mass is 35.5. The van der Waals surface area contributed by atoms with Gasteiger partial charge in [0.05, 0.1) is 18.3 Å². The van der Waals surface area contributed by atoms with Crippen LogP contribution in [0, 0.1) is 17.8 Å². The van der Waals surface area contributed by atoms with Crippen molar-refractivity contribution in [3.8, 4) is 5.69 Å². The summed E-state index contributed by atoms with van der Waals surface area (Å²) in [6.07, 6.45) is 9.64. The number of benzene rings is 2. The summed E-state index contributed by atoms with van der Waals surface area (Å²) in [4.78, 5) is 16.3. The van der Waals surface area contributed by atoms with Gasteiger partial charge in [0.1, 0.15) is 0 Å². The summed E-state index contributed by atoms with van der Waals surface area (Å²) in [7, 11) is 0. The number of carbonyl (C=O) groups is 1. The minimum Gasteiger partial charge on any atom is -0.332 e. The van der Waals surface area contributed by atoms with Gasteiger partial charge in [-0.1, -0.05) is 41.9 Å². The molecule has 2 aromatic carbocycles. The summed E-state index contributed by atoms with van der Waals surface area (Å²) < 4.78 is 2.24. The number of hydrogen-bond donors (Lipinski definition) is 1. The van der Waals surface area contributed by atoms with Crippen LogP contribution in [0.15, 0.2) is 66.9 Å². The highest BCUT2D eigenvalue weighted by Crippen LogP contribution is 2.55. The molecule has 4 nitrogen and oxygen atoms in total. The molecule has 0 radical (unpaired) electrons. The molecule has 2 heterocycles. The Morgan fingerprint density at radius 1 is 0.912 bits per heavy atom. The molecule has 1 aromatic heterocycles. The van der Waals surface area contributed by atoms with Gasteiger partial charge in [-0.15, -0.1) is 0 Å². The number of para-hydroxylation sites is 1. The lowest BCUT2D eigenvalue weighted by atomic mass is 9.53. The van der Waals surface area contributed by atoms with Gasteiger partial charge in [0.25, 0.3) is 0 Å². The predicted molar refractivity (Wildman–Crippen MR) is 134 cm³/mol. The summed E-state index contributed by atoms with van der Waals surface area (Å²) in [5.74, 6) is 2.37. The summed E-state index contributed by atoms with van der Waals surface area (Å²) >= 11 is 6.44. The molecule has 5 heteroatoms. The first kappa shape index (κ1) is 20.6. The number of fused-ring (bicyclic) bond motifs is 3. The van der Waals surface area contributed by atoms with Crippen LogP contribution < -0.4 is 5.32 Å².